The van der Waals surface area contributed by atoms with E-state index in [-0.39, 0.29) is 11.9 Å². The molecule has 1 fully saturated rings. The van der Waals surface area contributed by atoms with E-state index < -0.39 is 5.60 Å². The molecule has 0 radical (unpaired) electrons. The van der Waals surface area contributed by atoms with Gasteiger partial charge in [-0.1, -0.05) is 0 Å². The Morgan fingerprint density at radius 1 is 1.19 bits per heavy atom. The van der Waals surface area contributed by atoms with Gasteiger partial charge in [0.1, 0.15) is 11.5 Å². The van der Waals surface area contributed by atoms with Crippen LogP contribution < -0.4 is 10.1 Å². The second-order valence-electron chi connectivity index (χ2n) is 8.27. The number of aromatic hydroxyl groups is 1. The summed E-state index contributed by atoms with van der Waals surface area (Å²) in [4.78, 5) is 15.4. The zero-order chi connectivity index (χ0) is 19.1. The Morgan fingerprint density at radius 3 is 2.65 bits per heavy atom. The van der Waals surface area contributed by atoms with Gasteiger partial charge in [0.2, 0.25) is 0 Å². The van der Waals surface area contributed by atoms with Crippen LogP contribution in [-0.2, 0) is 11.2 Å². The highest BCUT2D eigenvalue weighted by Gasteiger charge is 2.41. The van der Waals surface area contributed by atoms with Gasteiger partial charge in [-0.3, -0.25) is 4.79 Å². The van der Waals surface area contributed by atoms with Crippen LogP contribution in [0.2, 0.25) is 0 Å². The summed E-state index contributed by atoms with van der Waals surface area (Å²) in [5.41, 5.74) is 2.81. The van der Waals surface area contributed by atoms with E-state index in [2.05, 4.69) is 17.3 Å². The Labute approximate surface area is 156 Å². The lowest BCUT2D eigenvalue weighted by atomic mass is 9.86. The summed E-state index contributed by atoms with van der Waals surface area (Å²) in [6.07, 6.45) is 4.49. The van der Waals surface area contributed by atoms with Crippen LogP contribution in [0.4, 0.5) is 0 Å². The Kier molecular flexibility index (Phi) is 5.20. The molecule has 0 spiro atoms. The number of hydrogen-bond donors (Lipinski definition) is 2. The van der Waals surface area contributed by atoms with Gasteiger partial charge in [-0.05, 0) is 90.2 Å². The van der Waals surface area contributed by atoms with Crippen LogP contribution in [0.5, 0.6) is 11.5 Å². The number of benzene rings is 1. The summed E-state index contributed by atoms with van der Waals surface area (Å²) >= 11 is 0. The molecule has 1 amide bonds. The lowest BCUT2D eigenvalue weighted by Crippen LogP contribution is -2.53. The maximum absolute atomic E-state index is 13.0. The highest BCUT2D eigenvalue weighted by Crippen LogP contribution is 2.43. The number of hydrogen-bond acceptors (Lipinski definition) is 4. The van der Waals surface area contributed by atoms with Gasteiger partial charge in [-0.2, -0.15) is 0 Å². The highest BCUT2D eigenvalue weighted by molar-refractivity contribution is 5.86. The molecule has 26 heavy (non-hydrogen) atoms. The summed E-state index contributed by atoms with van der Waals surface area (Å²) in [5.74, 6) is 1.11. The molecule has 5 heteroatoms. The Balaban J connectivity index is 1.79. The zero-order valence-corrected chi connectivity index (χ0v) is 16.7. The molecule has 5 nitrogen and oxygen atoms in total. The van der Waals surface area contributed by atoms with Crippen LogP contribution in [-0.4, -0.2) is 47.7 Å². The minimum Gasteiger partial charge on any atom is -0.507 e. The van der Waals surface area contributed by atoms with E-state index in [0.29, 0.717) is 12.2 Å². The van der Waals surface area contributed by atoms with Crippen LogP contribution in [0.3, 0.4) is 0 Å². The molecule has 1 aromatic carbocycles. The topological polar surface area (TPSA) is 61.8 Å². The van der Waals surface area contributed by atoms with Crippen molar-refractivity contribution in [2.75, 3.05) is 20.1 Å². The number of nitrogens with zero attached hydrogens (tertiary/aromatic N) is 1. The SMILES string of the molecule is Cc1c(C)c2c(c(C)c1O)CCC(C)(C(=O)NC1CCCN(C)CC1)O2. The van der Waals surface area contributed by atoms with Crippen molar-refractivity contribution in [2.45, 2.75) is 71.4 Å². The maximum Gasteiger partial charge on any atom is 0.264 e. The zero-order valence-electron chi connectivity index (χ0n) is 16.7. The van der Waals surface area contributed by atoms with Gasteiger partial charge < -0.3 is 20.1 Å². The third-order valence-corrected chi connectivity index (χ3v) is 6.29. The number of ether oxygens (including phenoxy) is 1. The molecule has 144 valence electrons. The molecule has 0 saturated carbocycles. The third-order valence-electron chi connectivity index (χ3n) is 6.29. The number of phenolic OH excluding ortho intramolecular Hbond substituents is 1. The summed E-state index contributed by atoms with van der Waals surface area (Å²) in [6, 6.07) is 0.221. The molecule has 2 N–H and O–H groups in total. The normalized spacial score (nSPS) is 26.6. The Morgan fingerprint density at radius 2 is 1.92 bits per heavy atom. The van der Waals surface area contributed by atoms with Crippen molar-refractivity contribution in [3.63, 3.8) is 0 Å². The van der Waals surface area contributed by atoms with E-state index in [0.717, 1.165) is 66.8 Å². The van der Waals surface area contributed by atoms with Crippen LogP contribution in [0.1, 0.15) is 54.9 Å². The summed E-state index contributed by atoms with van der Waals surface area (Å²) < 4.78 is 6.29. The van der Waals surface area contributed by atoms with Crippen molar-refractivity contribution in [2.24, 2.45) is 0 Å². The second-order valence-corrected chi connectivity index (χ2v) is 8.27. The molecule has 0 aliphatic carbocycles. The monoisotopic (exact) mass is 360 g/mol. The number of carbonyl (C=O) groups excluding carboxylic acids is 1. The molecule has 2 aliphatic rings. The average molecular weight is 360 g/mol. The first-order valence-electron chi connectivity index (χ1n) is 9.73. The van der Waals surface area contributed by atoms with E-state index in [4.69, 9.17) is 4.74 Å². The van der Waals surface area contributed by atoms with Crippen molar-refractivity contribution in [3.05, 3.63) is 22.3 Å². The van der Waals surface area contributed by atoms with Crippen molar-refractivity contribution in [1.82, 2.24) is 10.2 Å². The fourth-order valence-corrected chi connectivity index (χ4v) is 4.13. The summed E-state index contributed by atoms with van der Waals surface area (Å²) in [7, 11) is 2.13. The predicted octanol–water partition coefficient (Wildman–Crippen LogP) is 3.00. The smallest absolute Gasteiger partial charge is 0.264 e. The number of nitrogens with one attached hydrogen (secondary N) is 1. The number of phenols is 1. The van der Waals surface area contributed by atoms with Gasteiger partial charge in [-0.25, -0.2) is 0 Å². The number of carbonyl (C=O) groups is 1. The molecule has 3 rings (SSSR count). The molecule has 2 unspecified atom stereocenters. The minimum absolute atomic E-state index is 0.0134. The van der Waals surface area contributed by atoms with Crippen LogP contribution >= 0.6 is 0 Å². The fraction of sp³-hybridized carbons (Fsp3) is 0.667. The summed E-state index contributed by atoms with van der Waals surface area (Å²) in [6.45, 7) is 9.78. The first-order valence-corrected chi connectivity index (χ1v) is 9.73. The van der Waals surface area contributed by atoms with Crippen molar-refractivity contribution >= 4 is 5.91 Å². The van der Waals surface area contributed by atoms with Crippen LogP contribution in [0.15, 0.2) is 0 Å². The van der Waals surface area contributed by atoms with Crippen LogP contribution in [0.25, 0.3) is 0 Å². The van der Waals surface area contributed by atoms with Gasteiger partial charge in [0.05, 0.1) is 0 Å². The molecule has 1 aromatic rings. The number of fused-ring (bicyclic) bond motifs is 1. The largest absolute Gasteiger partial charge is 0.507 e. The average Bonchev–Trinajstić information content (AvgIpc) is 2.82. The molecular weight excluding hydrogens is 328 g/mol. The standard InChI is InChI=1S/C21H32N2O3/c1-13-14(2)19-17(15(3)18(13)24)8-10-21(4,26-19)20(25)22-16-7-6-11-23(5)12-9-16/h16,24H,6-12H2,1-5H3,(H,22,25). The van der Waals surface area contributed by atoms with E-state index in [9.17, 15) is 9.90 Å². The molecule has 2 aliphatic heterocycles. The van der Waals surface area contributed by atoms with Crippen molar-refractivity contribution in [3.8, 4) is 11.5 Å². The molecule has 0 bridgehead atoms. The Hall–Kier alpha value is -1.75. The van der Waals surface area contributed by atoms with E-state index in [1.165, 1.54) is 0 Å². The molecular formula is C21H32N2O3. The van der Waals surface area contributed by atoms with Gasteiger partial charge in [0.25, 0.3) is 5.91 Å². The number of likely N-dealkylation sites (tertiary alicyclic amines) is 1. The molecule has 0 aromatic heterocycles. The third kappa shape index (κ3) is 3.41. The van der Waals surface area contributed by atoms with E-state index in [1.807, 2.05) is 27.7 Å². The first-order chi connectivity index (χ1) is 12.2. The van der Waals surface area contributed by atoms with E-state index >= 15 is 0 Å². The lowest BCUT2D eigenvalue weighted by Gasteiger charge is -2.37. The lowest BCUT2D eigenvalue weighted by molar-refractivity contribution is -0.137. The van der Waals surface area contributed by atoms with Crippen molar-refractivity contribution in [1.29, 1.82) is 0 Å². The number of amides is 1. The summed E-state index contributed by atoms with van der Waals surface area (Å²) in [5, 5.41) is 13.5. The Bertz CT molecular complexity index is 716. The van der Waals surface area contributed by atoms with Gasteiger partial charge >= 0.3 is 0 Å². The number of rotatable bonds is 2. The van der Waals surface area contributed by atoms with E-state index in [1.54, 1.807) is 0 Å². The first kappa shape index (κ1) is 19.0. The van der Waals surface area contributed by atoms with Crippen molar-refractivity contribution < 1.29 is 14.6 Å². The van der Waals surface area contributed by atoms with Gasteiger partial charge in [0.15, 0.2) is 5.60 Å². The maximum atomic E-state index is 13.0. The quantitative estimate of drug-likeness (QED) is 0.851. The molecule has 2 atom stereocenters. The molecule has 2 heterocycles. The predicted molar refractivity (Wildman–Crippen MR) is 103 cm³/mol. The van der Waals surface area contributed by atoms with Crippen LogP contribution in [0, 0.1) is 20.8 Å². The second kappa shape index (κ2) is 7.10. The highest BCUT2D eigenvalue weighted by atomic mass is 16.5. The fourth-order valence-electron chi connectivity index (χ4n) is 4.13. The molecule has 1 saturated heterocycles. The van der Waals surface area contributed by atoms with Gasteiger partial charge in [-0.15, -0.1) is 0 Å². The minimum atomic E-state index is -0.855. The van der Waals surface area contributed by atoms with Gasteiger partial charge in [0, 0.05) is 18.0 Å².